The van der Waals surface area contributed by atoms with Crippen molar-refractivity contribution in [2.45, 2.75) is 12.5 Å². The first kappa shape index (κ1) is 10.7. The molecular weight excluding hydrogens is 208 g/mol. The average Bonchev–Trinajstić information content (AvgIpc) is 2.25. The highest BCUT2D eigenvalue weighted by molar-refractivity contribution is 5.98. The number of fused-ring (bicyclic) bond motifs is 1. The highest BCUT2D eigenvalue weighted by Crippen LogP contribution is 2.27. The number of piperazine rings is 2. The van der Waals surface area contributed by atoms with Gasteiger partial charge in [0.2, 0.25) is 11.8 Å². The van der Waals surface area contributed by atoms with Gasteiger partial charge >= 0.3 is 0 Å². The molecule has 2 saturated heterocycles. The number of likely N-dealkylation sites (N-methyl/N-ethyl adjacent to an activating group) is 1. The third-order valence-electron chi connectivity index (χ3n) is 3.31. The zero-order valence-corrected chi connectivity index (χ0v) is 9.43. The van der Waals surface area contributed by atoms with Gasteiger partial charge < -0.3 is 14.7 Å². The lowest BCUT2D eigenvalue weighted by atomic mass is 9.92. The summed E-state index contributed by atoms with van der Waals surface area (Å²) >= 11 is 0. The number of carbonyl (C=O) groups excluding carboxylic acids is 2. The predicted molar refractivity (Wildman–Crippen MR) is 54.9 cm³/mol. The third-order valence-corrected chi connectivity index (χ3v) is 3.31. The maximum Gasteiger partial charge on any atom is 0.250 e. The lowest BCUT2D eigenvalue weighted by molar-refractivity contribution is -0.166. The van der Waals surface area contributed by atoms with Gasteiger partial charge in [-0.1, -0.05) is 0 Å². The first-order valence-corrected chi connectivity index (χ1v) is 5.20. The average molecular weight is 222 g/mol. The topological polar surface area (TPSA) is 67.7 Å². The van der Waals surface area contributed by atoms with Crippen LogP contribution < -0.4 is 0 Å². The number of amides is 2. The summed E-state index contributed by atoms with van der Waals surface area (Å²) in [5.41, 5.74) is -0.877. The normalized spacial score (nSPS) is 30.2. The first-order valence-electron chi connectivity index (χ1n) is 5.20. The molecule has 6 nitrogen and oxygen atoms in total. The van der Waals surface area contributed by atoms with E-state index in [0.29, 0.717) is 19.6 Å². The highest BCUT2D eigenvalue weighted by Gasteiger charge is 2.50. The van der Waals surface area contributed by atoms with Crippen LogP contribution in [0.25, 0.3) is 0 Å². The van der Waals surface area contributed by atoms with Crippen LogP contribution in [0, 0.1) is 11.5 Å². The fraction of sp³-hybridized carbons (Fsp3) is 0.700. The third kappa shape index (κ3) is 1.32. The van der Waals surface area contributed by atoms with Gasteiger partial charge in [-0.3, -0.25) is 9.59 Å². The molecule has 2 aliphatic rings. The fourth-order valence-corrected chi connectivity index (χ4v) is 2.44. The van der Waals surface area contributed by atoms with Crippen LogP contribution in [0.2, 0.25) is 0 Å². The van der Waals surface area contributed by atoms with Gasteiger partial charge in [0.25, 0.3) is 0 Å². The molecule has 0 spiro atoms. The molecular formula is C10H14N4O2. The van der Waals surface area contributed by atoms with Crippen molar-refractivity contribution in [3.63, 3.8) is 0 Å². The van der Waals surface area contributed by atoms with Gasteiger partial charge in [0, 0.05) is 20.1 Å². The monoisotopic (exact) mass is 222 g/mol. The zero-order valence-electron chi connectivity index (χ0n) is 9.43. The largest absolute Gasteiger partial charge is 0.334 e. The van der Waals surface area contributed by atoms with Gasteiger partial charge in [0.1, 0.15) is 5.54 Å². The SMILES string of the molecule is CN1CC(=O)N2CCN(C#N)CC2(C)C1=O. The minimum Gasteiger partial charge on any atom is -0.334 e. The van der Waals surface area contributed by atoms with Gasteiger partial charge in [0.15, 0.2) is 6.19 Å². The van der Waals surface area contributed by atoms with Crippen molar-refractivity contribution in [1.82, 2.24) is 14.7 Å². The van der Waals surface area contributed by atoms with Gasteiger partial charge in [-0.25, -0.2) is 0 Å². The number of carbonyl (C=O) groups is 2. The van der Waals surface area contributed by atoms with Crippen LogP contribution in [-0.4, -0.2) is 65.3 Å². The van der Waals surface area contributed by atoms with Crippen LogP contribution in [0.4, 0.5) is 0 Å². The lowest BCUT2D eigenvalue weighted by Crippen LogP contribution is -2.72. The molecule has 1 unspecified atom stereocenters. The predicted octanol–water partition coefficient (Wildman–Crippen LogP) is -1.16. The number of nitrogens with zero attached hydrogens (tertiary/aromatic N) is 4. The maximum atomic E-state index is 12.1. The summed E-state index contributed by atoms with van der Waals surface area (Å²) in [7, 11) is 1.62. The van der Waals surface area contributed by atoms with Gasteiger partial charge in [-0.2, -0.15) is 5.26 Å². The van der Waals surface area contributed by atoms with Crippen molar-refractivity contribution in [3.8, 4) is 6.19 Å². The van der Waals surface area contributed by atoms with E-state index in [0.717, 1.165) is 0 Å². The standard InChI is InChI=1S/C10H14N4O2/c1-10-6-13(7-11)3-4-14(10)8(15)5-12(2)9(10)16/h3-6H2,1-2H3. The Morgan fingerprint density at radius 1 is 1.38 bits per heavy atom. The van der Waals surface area contributed by atoms with E-state index in [1.165, 1.54) is 9.80 Å². The van der Waals surface area contributed by atoms with Crippen LogP contribution in [0.5, 0.6) is 0 Å². The van der Waals surface area contributed by atoms with Crippen molar-refractivity contribution < 1.29 is 9.59 Å². The Bertz CT molecular complexity index is 389. The van der Waals surface area contributed by atoms with E-state index in [9.17, 15) is 9.59 Å². The zero-order chi connectivity index (χ0) is 11.9. The molecule has 2 amide bonds. The molecule has 0 aliphatic carbocycles. The summed E-state index contributed by atoms with van der Waals surface area (Å²) in [6.45, 7) is 3.11. The van der Waals surface area contributed by atoms with E-state index < -0.39 is 5.54 Å². The van der Waals surface area contributed by atoms with Crippen molar-refractivity contribution in [3.05, 3.63) is 0 Å². The van der Waals surface area contributed by atoms with Crippen molar-refractivity contribution in [2.24, 2.45) is 0 Å². The molecule has 0 radical (unpaired) electrons. The molecule has 0 bridgehead atoms. The summed E-state index contributed by atoms with van der Waals surface area (Å²) in [6, 6.07) is 0. The molecule has 2 aliphatic heterocycles. The maximum absolute atomic E-state index is 12.1. The molecule has 0 aromatic carbocycles. The van der Waals surface area contributed by atoms with E-state index in [2.05, 4.69) is 0 Å². The Morgan fingerprint density at radius 2 is 2.06 bits per heavy atom. The van der Waals surface area contributed by atoms with Crippen LogP contribution in [0.1, 0.15) is 6.92 Å². The Kier molecular flexibility index (Phi) is 2.26. The van der Waals surface area contributed by atoms with Crippen molar-refractivity contribution >= 4 is 11.8 Å². The molecule has 86 valence electrons. The molecule has 0 saturated carbocycles. The smallest absolute Gasteiger partial charge is 0.250 e. The van der Waals surface area contributed by atoms with Gasteiger partial charge in [-0.15, -0.1) is 0 Å². The van der Waals surface area contributed by atoms with E-state index in [-0.39, 0.29) is 18.4 Å². The van der Waals surface area contributed by atoms with Crippen molar-refractivity contribution in [2.75, 3.05) is 33.2 Å². The highest BCUT2D eigenvalue weighted by atomic mass is 16.2. The minimum atomic E-state index is -0.877. The van der Waals surface area contributed by atoms with E-state index in [4.69, 9.17) is 5.26 Å². The van der Waals surface area contributed by atoms with Gasteiger partial charge in [-0.05, 0) is 6.92 Å². The van der Waals surface area contributed by atoms with Crippen LogP contribution in [0.3, 0.4) is 0 Å². The molecule has 2 rings (SSSR count). The number of nitriles is 1. The van der Waals surface area contributed by atoms with Crippen LogP contribution in [0.15, 0.2) is 0 Å². The number of rotatable bonds is 0. The minimum absolute atomic E-state index is 0.0396. The van der Waals surface area contributed by atoms with Crippen LogP contribution in [-0.2, 0) is 9.59 Å². The second-order valence-corrected chi connectivity index (χ2v) is 4.50. The van der Waals surface area contributed by atoms with E-state index >= 15 is 0 Å². The molecule has 1 atom stereocenters. The number of hydrogen-bond donors (Lipinski definition) is 0. The molecule has 0 aromatic heterocycles. The van der Waals surface area contributed by atoms with Gasteiger partial charge in [0.05, 0.1) is 13.1 Å². The second kappa shape index (κ2) is 3.37. The quantitative estimate of drug-likeness (QED) is 0.485. The first-order chi connectivity index (χ1) is 7.49. The number of hydrogen-bond acceptors (Lipinski definition) is 4. The molecule has 6 heteroatoms. The second-order valence-electron chi connectivity index (χ2n) is 4.50. The van der Waals surface area contributed by atoms with E-state index in [1.807, 2.05) is 6.19 Å². The summed E-state index contributed by atoms with van der Waals surface area (Å²) in [6.07, 6.45) is 2.04. The molecule has 0 aromatic rings. The van der Waals surface area contributed by atoms with E-state index in [1.54, 1.807) is 18.9 Å². The molecule has 2 heterocycles. The Hall–Kier alpha value is -1.77. The summed E-state index contributed by atoms with van der Waals surface area (Å²) in [5, 5.41) is 8.86. The van der Waals surface area contributed by atoms with Crippen LogP contribution >= 0.6 is 0 Å². The molecule has 0 N–H and O–H groups in total. The molecule has 16 heavy (non-hydrogen) atoms. The summed E-state index contributed by atoms with van der Waals surface area (Å²) in [4.78, 5) is 28.5. The molecule has 2 fully saturated rings. The lowest BCUT2D eigenvalue weighted by Gasteiger charge is -2.50. The summed E-state index contributed by atoms with van der Waals surface area (Å²) in [5.74, 6) is -0.130. The fourth-order valence-electron chi connectivity index (χ4n) is 2.44. The Morgan fingerprint density at radius 3 is 2.69 bits per heavy atom. The van der Waals surface area contributed by atoms with Crippen molar-refractivity contribution in [1.29, 1.82) is 5.26 Å². The summed E-state index contributed by atoms with van der Waals surface area (Å²) < 4.78 is 0. The Balaban J connectivity index is 2.33. The Labute approximate surface area is 94.0 Å².